The molecule has 0 amide bonds. The van der Waals surface area contributed by atoms with Crippen LogP contribution >= 0.6 is 0 Å². The summed E-state index contributed by atoms with van der Waals surface area (Å²) in [6, 6.07) is 12.5. The molecule has 2 heteroatoms. The number of aromatic nitrogens is 1. The van der Waals surface area contributed by atoms with Gasteiger partial charge in [-0.05, 0) is 25.1 Å². The summed E-state index contributed by atoms with van der Waals surface area (Å²) >= 11 is 0. The number of furan rings is 1. The smallest absolute Gasteiger partial charge is 0.159 e. The van der Waals surface area contributed by atoms with Gasteiger partial charge in [-0.3, -0.25) is 0 Å². The molecular weight excluding hydrogens is 270 g/mol. The van der Waals surface area contributed by atoms with Crippen molar-refractivity contribution in [2.75, 3.05) is 0 Å². The van der Waals surface area contributed by atoms with Gasteiger partial charge in [0.15, 0.2) is 5.58 Å². The number of hydrogen-bond acceptors (Lipinski definition) is 1. The second-order valence-electron chi connectivity index (χ2n) is 5.50. The Hall–Kier alpha value is -2.74. The lowest BCUT2D eigenvalue weighted by Gasteiger charge is -1.99. The zero-order valence-corrected chi connectivity index (χ0v) is 12.8. The van der Waals surface area contributed by atoms with E-state index in [-0.39, 0.29) is 0 Å². The molecule has 0 aliphatic heterocycles. The SMILES string of the molecule is C=Cc1c(/C=C\C)c2ccc3c4ccccc4oc3c2n1C. The summed E-state index contributed by atoms with van der Waals surface area (Å²) in [6.07, 6.45) is 6.10. The van der Waals surface area contributed by atoms with Crippen LogP contribution in [-0.4, -0.2) is 4.57 Å². The lowest BCUT2D eigenvalue weighted by Crippen LogP contribution is -1.90. The Kier molecular flexibility index (Phi) is 2.73. The number of aryl methyl sites for hydroxylation is 1. The third kappa shape index (κ3) is 1.55. The van der Waals surface area contributed by atoms with E-state index < -0.39 is 0 Å². The number of allylic oxidation sites excluding steroid dienone is 1. The summed E-state index contributed by atoms with van der Waals surface area (Å²) in [5.41, 5.74) is 5.30. The van der Waals surface area contributed by atoms with Crippen LogP contribution in [0.5, 0.6) is 0 Å². The Labute approximate surface area is 129 Å². The standard InChI is InChI=1S/C20H17NO/c1-4-8-13-15-11-12-16-14-9-6-7-10-18(14)22-20(16)19(15)21(3)17(13)5-2/h4-12H,2H2,1,3H3/b8-4-. The Morgan fingerprint density at radius 1 is 1.05 bits per heavy atom. The molecule has 108 valence electrons. The zero-order chi connectivity index (χ0) is 15.3. The fourth-order valence-corrected chi connectivity index (χ4v) is 3.35. The average molecular weight is 287 g/mol. The normalized spacial score (nSPS) is 12.1. The molecular formula is C20H17NO. The second kappa shape index (κ2) is 4.63. The van der Waals surface area contributed by atoms with Gasteiger partial charge in [-0.1, -0.05) is 43.0 Å². The topological polar surface area (TPSA) is 18.1 Å². The fraction of sp³-hybridized carbons (Fsp3) is 0.100. The van der Waals surface area contributed by atoms with Crippen molar-refractivity contribution in [3.05, 3.63) is 60.3 Å². The van der Waals surface area contributed by atoms with Gasteiger partial charge in [0.2, 0.25) is 0 Å². The van der Waals surface area contributed by atoms with Crippen LogP contribution < -0.4 is 0 Å². The lowest BCUT2D eigenvalue weighted by molar-refractivity contribution is 0.669. The van der Waals surface area contributed by atoms with Gasteiger partial charge in [-0.2, -0.15) is 0 Å². The molecule has 0 bridgehead atoms. The third-order valence-electron chi connectivity index (χ3n) is 4.31. The second-order valence-corrected chi connectivity index (χ2v) is 5.50. The molecule has 0 unspecified atom stereocenters. The van der Waals surface area contributed by atoms with Crippen LogP contribution in [0.1, 0.15) is 18.2 Å². The maximum absolute atomic E-state index is 6.16. The molecule has 22 heavy (non-hydrogen) atoms. The minimum absolute atomic E-state index is 0.930. The lowest BCUT2D eigenvalue weighted by atomic mass is 10.1. The van der Waals surface area contributed by atoms with Crippen molar-refractivity contribution in [3.63, 3.8) is 0 Å². The van der Waals surface area contributed by atoms with Crippen molar-refractivity contribution >= 4 is 45.0 Å². The summed E-state index contributed by atoms with van der Waals surface area (Å²) in [4.78, 5) is 0. The summed E-state index contributed by atoms with van der Waals surface area (Å²) in [7, 11) is 2.07. The van der Waals surface area contributed by atoms with Crippen molar-refractivity contribution < 1.29 is 4.42 Å². The number of benzene rings is 2. The van der Waals surface area contributed by atoms with E-state index in [0.717, 1.165) is 33.1 Å². The first-order valence-corrected chi connectivity index (χ1v) is 7.44. The first-order valence-electron chi connectivity index (χ1n) is 7.44. The molecule has 2 aromatic heterocycles. The van der Waals surface area contributed by atoms with Gasteiger partial charge in [0.1, 0.15) is 5.58 Å². The van der Waals surface area contributed by atoms with Crippen LogP contribution in [0.25, 0.3) is 45.0 Å². The average Bonchev–Trinajstić information content (AvgIpc) is 3.03. The number of rotatable bonds is 2. The van der Waals surface area contributed by atoms with E-state index in [4.69, 9.17) is 4.42 Å². The summed E-state index contributed by atoms with van der Waals surface area (Å²) in [5, 5.41) is 3.52. The van der Waals surface area contributed by atoms with Crippen molar-refractivity contribution in [1.29, 1.82) is 0 Å². The maximum atomic E-state index is 6.16. The van der Waals surface area contributed by atoms with E-state index in [1.165, 1.54) is 10.9 Å². The third-order valence-corrected chi connectivity index (χ3v) is 4.31. The quantitative estimate of drug-likeness (QED) is 0.459. The van der Waals surface area contributed by atoms with Gasteiger partial charge in [0.05, 0.1) is 5.52 Å². The molecule has 0 aliphatic rings. The van der Waals surface area contributed by atoms with Gasteiger partial charge in [0.25, 0.3) is 0 Å². The molecule has 0 N–H and O–H groups in total. The Morgan fingerprint density at radius 3 is 2.59 bits per heavy atom. The van der Waals surface area contributed by atoms with Crippen LogP contribution in [0.2, 0.25) is 0 Å². The van der Waals surface area contributed by atoms with E-state index in [2.05, 4.69) is 48.5 Å². The van der Waals surface area contributed by atoms with Crippen molar-refractivity contribution in [3.8, 4) is 0 Å². The molecule has 0 aliphatic carbocycles. The highest BCUT2D eigenvalue weighted by molar-refractivity contribution is 6.16. The number of fused-ring (bicyclic) bond motifs is 5. The highest BCUT2D eigenvalue weighted by Gasteiger charge is 2.17. The van der Waals surface area contributed by atoms with Gasteiger partial charge in [-0.25, -0.2) is 0 Å². The molecule has 2 aromatic carbocycles. The van der Waals surface area contributed by atoms with Gasteiger partial charge >= 0.3 is 0 Å². The molecule has 0 fully saturated rings. The Bertz CT molecular complexity index is 1060. The Balaban J connectivity index is 2.27. The predicted molar refractivity (Wildman–Crippen MR) is 95.0 cm³/mol. The van der Waals surface area contributed by atoms with Crippen LogP contribution in [0.15, 0.2) is 53.5 Å². The van der Waals surface area contributed by atoms with Crippen LogP contribution in [0.3, 0.4) is 0 Å². The highest BCUT2D eigenvalue weighted by atomic mass is 16.3. The molecule has 4 rings (SSSR count). The van der Waals surface area contributed by atoms with E-state index >= 15 is 0 Å². The van der Waals surface area contributed by atoms with E-state index in [1.54, 1.807) is 0 Å². The number of hydrogen-bond donors (Lipinski definition) is 0. The van der Waals surface area contributed by atoms with Crippen molar-refractivity contribution in [1.82, 2.24) is 4.57 Å². The monoisotopic (exact) mass is 287 g/mol. The predicted octanol–water partition coefficient (Wildman–Crippen LogP) is 5.75. The molecule has 0 radical (unpaired) electrons. The molecule has 0 saturated heterocycles. The van der Waals surface area contributed by atoms with Crippen LogP contribution in [0.4, 0.5) is 0 Å². The molecule has 2 heterocycles. The number of nitrogens with zero attached hydrogens (tertiary/aromatic N) is 1. The van der Waals surface area contributed by atoms with Crippen molar-refractivity contribution in [2.24, 2.45) is 7.05 Å². The van der Waals surface area contributed by atoms with Gasteiger partial charge in [-0.15, -0.1) is 0 Å². The van der Waals surface area contributed by atoms with E-state index in [0.29, 0.717) is 0 Å². The Morgan fingerprint density at radius 2 is 1.82 bits per heavy atom. The molecule has 0 spiro atoms. The van der Waals surface area contributed by atoms with E-state index in [9.17, 15) is 0 Å². The molecule has 0 atom stereocenters. The highest BCUT2D eigenvalue weighted by Crippen LogP contribution is 2.37. The molecule has 2 nitrogen and oxygen atoms in total. The first kappa shape index (κ1) is 13.0. The minimum atomic E-state index is 0.930. The first-order chi connectivity index (χ1) is 10.8. The van der Waals surface area contributed by atoms with Gasteiger partial charge < -0.3 is 8.98 Å². The number of para-hydroxylation sites is 1. The molecule has 0 saturated carbocycles. The van der Waals surface area contributed by atoms with Crippen LogP contribution in [0, 0.1) is 0 Å². The minimum Gasteiger partial charge on any atom is -0.454 e. The van der Waals surface area contributed by atoms with Crippen molar-refractivity contribution in [2.45, 2.75) is 6.92 Å². The summed E-state index contributed by atoms with van der Waals surface area (Å²) in [6.45, 7) is 6.00. The van der Waals surface area contributed by atoms with E-state index in [1.807, 2.05) is 31.2 Å². The fourth-order valence-electron chi connectivity index (χ4n) is 3.35. The maximum Gasteiger partial charge on any atom is 0.159 e. The van der Waals surface area contributed by atoms with Crippen LogP contribution in [-0.2, 0) is 7.05 Å². The summed E-state index contributed by atoms with van der Waals surface area (Å²) < 4.78 is 8.33. The largest absolute Gasteiger partial charge is 0.454 e. The van der Waals surface area contributed by atoms with Gasteiger partial charge in [0, 0.05) is 34.5 Å². The zero-order valence-electron chi connectivity index (χ0n) is 12.8. The molecule has 4 aromatic rings. The summed E-state index contributed by atoms with van der Waals surface area (Å²) in [5.74, 6) is 0.